The number of halogens is 1. The molecule has 0 aliphatic carbocycles. The van der Waals surface area contributed by atoms with E-state index in [0.29, 0.717) is 11.4 Å². The molecule has 2 rings (SSSR count). The van der Waals surface area contributed by atoms with Gasteiger partial charge in [-0.25, -0.2) is 9.59 Å². The Morgan fingerprint density at radius 2 is 1.86 bits per heavy atom. The highest BCUT2D eigenvalue weighted by atomic mass is 35.5. The molecule has 1 aromatic heterocycles. The van der Waals surface area contributed by atoms with Gasteiger partial charge in [0.1, 0.15) is 17.8 Å². The number of benzene rings is 1. The molecule has 29 heavy (non-hydrogen) atoms. The lowest BCUT2D eigenvalue weighted by atomic mass is 10.1. The largest absolute Gasteiger partial charge is 0.489 e. The van der Waals surface area contributed by atoms with E-state index in [-0.39, 0.29) is 17.9 Å². The van der Waals surface area contributed by atoms with Crippen LogP contribution in [0.25, 0.3) is 0 Å². The number of aromatic nitrogens is 1. The fraction of sp³-hybridized carbons (Fsp3) is 0.381. The number of hydrogen-bond donors (Lipinski definition) is 1. The molecule has 0 radical (unpaired) electrons. The minimum Gasteiger partial charge on any atom is -0.489 e. The lowest BCUT2D eigenvalue weighted by Gasteiger charge is -2.24. The van der Waals surface area contributed by atoms with Crippen molar-refractivity contribution in [3.05, 3.63) is 58.9 Å². The van der Waals surface area contributed by atoms with Crippen LogP contribution < -0.4 is 10.1 Å². The van der Waals surface area contributed by atoms with E-state index in [9.17, 15) is 9.59 Å². The molecule has 1 aromatic carbocycles. The van der Waals surface area contributed by atoms with Crippen LogP contribution >= 0.6 is 11.6 Å². The first kappa shape index (κ1) is 22.5. The smallest absolute Gasteiger partial charge is 0.408 e. The van der Waals surface area contributed by atoms with E-state index in [1.165, 1.54) is 25.6 Å². The predicted octanol–water partition coefficient (Wildman–Crippen LogP) is 4.04. The number of alkyl carbamates (subject to hydrolysis) is 1. The van der Waals surface area contributed by atoms with Crippen molar-refractivity contribution in [2.45, 2.75) is 38.8 Å². The summed E-state index contributed by atoms with van der Waals surface area (Å²) >= 11 is 5.94. The van der Waals surface area contributed by atoms with Gasteiger partial charge in [0.15, 0.2) is 5.75 Å². The quantitative estimate of drug-likeness (QED) is 0.680. The molecule has 2 aromatic rings. The summed E-state index contributed by atoms with van der Waals surface area (Å²) in [5, 5.41) is 3.44. The van der Waals surface area contributed by atoms with Crippen LogP contribution in [0.1, 0.15) is 36.7 Å². The van der Waals surface area contributed by atoms with Crippen LogP contribution in [0.3, 0.4) is 0 Å². The molecule has 0 aliphatic rings. The van der Waals surface area contributed by atoms with Crippen LogP contribution in [0.5, 0.6) is 5.75 Å². The third-order valence-electron chi connectivity index (χ3n) is 3.75. The predicted molar refractivity (Wildman–Crippen MR) is 109 cm³/mol. The minimum absolute atomic E-state index is 0.0948. The second-order valence-corrected chi connectivity index (χ2v) is 7.78. The monoisotopic (exact) mass is 420 g/mol. The number of amides is 1. The zero-order valence-electron chi connectivity index (χ0n) is 16.9. The molecule has 0 bridgehead atoms. The third kappa shape index (κ3) is 7.62. The Kier molecular flexibility index (Phi) is 7.84. The molecule has 1 atom stereocenters. The van der Waals surface area contributed by atoms with Crippen LogP contribution in [0.2, 0.25) is 5.02 Å². The van der Waals surface area contributed by atoms with Gasteiger partial charge >= 0.3 is 12.1 Å². The molecule has 0 fully saturated rings. The number of hydrogen-bond acceptors (Lipinski definition) is 6. The van der Waals surface area contributed by atoms with Crippen molar-refractivity contribution in [1.82, 2.24) is 10.3 Å². The van der Waals surface area contributed by atoms with E-state index >= 15 is 0 Å². The highest BCUT2D eigenvalue weighted by Crippen LogP contribution is 2.18. The van der Waals surface area contributed by atoms with Gasteiger partial charge in [0, 0.05) is 11.2 Å². The van der Waals surface area contributed by atoms with Gasteiger partial charge in [-0.05, 0) is 51.0 Å². The molecule has 0 aliphatic heterocycles. The molecule has 0 spiro atoms. The molecule has 0 saturated carbocycles. The summed E-state index contributed by atoms with van der Waals surface area (Å²) < 4.78 is 15.9. The molecule has 1 N–H and O–H groups in total. The number of carbonyl (C=O) groups is 2. The summed E-state index contributed by atoms with van der Waals surface area (Å²) in [7, 11) is 1.29. The number of nitrogens with one attached hydrogen (secondary N) is 1. The van der Waals surface area contributed by atoms with Crippen LogP contribution in [0, 0.1) is 0 Å². The maximum Gasteiger partial charge on any atom is 0.408 e. The fourth-order valence-corrected chi connectivity index (χ4v) is 2.62. The van der Waals surface area contributed by atoms with Crippen LogP contribution in [0.4, 0.5) is 4.79 Å². The van der Waals surface area contributed by atoms with Gasteiger partial charge in [-0.3, -0.25) is 4.98 Å². The van der Waals surface area contributed by atoms with E-state index < -0.39 is 23.7 Å². The highest BCUT2D eigenvalue weighted by Gasteiger charge is 2.21. The maximum absolute atomic E-state index is 12.2. The van der Waals surface area contributed by atoms with Crippen molar-refractivity contribution in [1.29, 1.82) is 0 Å². The topological polar surface area (TPSA) is 86.8 Å². The lowest BCUT2D eigenvalue weighted by Crippen LogP contribution is -2.43. The zero-order chi connectivity index (χ0) is 21.4. The summed E-state index contributed by atoms with van der Waals surface area (Å²) in [6, 6.07) is 8.39. The van der Waals surface area contributed by atoms with Crippen molar-refractivity contribution >= 4 is 23.7 Å². The molecule has 156 valence electrons. The number of methoxy groups -OCH3 is 1. The van der Waals surface area contributed by atoms with Crippen molar-refractivity contribution < 1.29 is 23.8 Å². The van der Waals surface area contributed by atoms with Crippen LogP contribution in [-0.2, 0) is 15.9 Å². The standard InChI is InChI=1S/C21H25ClN2O5/c1-21(2,3)29-20(26)24-16(11-14-5-7-15(22)8-6-14)13-28-18-12-23-10-9-17(18)19(25)27-4/h5-10,12,16H,11,13H2,1-4H3,(H,24,26)/t16-/m0/s1. The molecular weight excluding hydrogens is 396 g/mol. The minimum atomic E-state index is -0.628. The first-order chi connectivity index (χ1) is 13.7. The average molecular weight is 421 g/mol. The SMILES string of the molecule is COC(=O)c1ccncc1OC[C@H](Cc1ccc(Cl)cc1)NC(=O)OC(C)(C)C. The number of rotatable bonds is 7. The Morgan fingerprint density at radius 3 is 2.48 bits per heavy atom. The van der Waals surface area contributed by atoms with Gasteiger partial charge in [-0.15, -0.1) is 0 Å². The van der Waals surface area contributed by atoms with E-state index in [2.05, 4.69) is 10.3 Å². The van der Waals surface area contributed by atoms with Crippen LogP contribution in [-0.4, -0.2) is 42.4 Å². The van der Waals surface area contributed by atoms with Gasteiger partial charge < -0.3 is 19.5 Å². The van der Waals surface area contributed by atoms with Crippen LogP contribution in [0.15, 0.2) is 42.7 Å². The molecule has 8 heteroatoms. The average Bonchev–Trinajstić information content (AvgIpc) is 2.66. The second kappa shape index (κ2) is 10.1. The summed E-state index contributed by atoms with van der Waals surface area (Å²) in [6.45, 7) is 5.46. The number of nitrogens with zero attached hydrogens (tertiary/aromatic N) is 1. The number of ether oxygens (including phenoxy) is 3. The van der Waals surface area contributed by atoms with Crippen molar-refractivity contribution in [2.75, 3.05) is 13.7 Å². The lowest BCUT2D eigenvalue weighted by molar-refractivity contribution is 0.0483. The van der Waals surface area contributed by atoms with Crippen molar-refractivity contribution in [2.24, 2.45) is 0 Å². The number of esters is 1. The molecule has 0 unspecified atom stereocenters. The Bertz CT molecular complexity index is 834. The molecule has 1 heterocycles. The van der Waals surface area contributed by atoms with E-state index in [0.717, 1.165) is 5.56 Å². The summed E-state index contributed by atoms with van der Waals surface area (Å²) in [5.74, 6) is -0.261. The summed E-state index contributed by atoms with van der Waals surface area (Å²) in [6.07, 6.45) is 2.83. The Labute approximate surface area is 175 Å². The van der Waals surface area contributed by atoms with Gasteiger partial charge in [-0.1, -0.05) is 23.7 Å². The molecule has 1 amide bonds. The van der Waals surface area contributed by atoms with Gasteiger partial charge in [-0.2, -0.15) is 0 Å². The first-order valence-electron chi connectivity index (χ1n) is 9.07. The highest BCUT2D eigenvalue weighted by molar-refractivity contribution is 6.30. The first-order valence-corrected chi connectivity index (χ1v) is 9.45. The Morgan fingerprint density at radius 1 is 1.17 bits per heavy atom. The van der Waals surface area contributed by atoms with Gasteiger partial charge in [0.25, 0.3) is 0 Å². The van der Waals surface area contributed by atoms with E-state index in [1.54, 1.807) is 32.9 Å². The molecular formula is C21H25ClN2O5. The van der Waals surface area contributed by atoms with E-state index in [4.69, 9.17) is 25.8 Å². The third-order valence-corrected chi connectivity index (χ3v) is 4.00. The normalized spacial score (nSPS) is 12.0. The Hall–Kier alpha value is -2.80. The zero-order valence-corrected chi connectivity index (χ0v) is 17.7. The summed E-state index contributed by atoms with van der Waals surface area (Å²) in [5.41, 5.74) is 0.584. The number of pyridine rings is 1. The van der Waals surface area contributed by atoms with Crippen molar-refractivity contribution in [3.8, 4) is 5.75 Å². The van der Waals surface area contributed by atoms with E-state index in [1.807, 2.05) is 12.1 Å². The van der Waals surface area contributed by atoms with Crippen molar-refractivity contribution in [3.63, 3.8) is 0 Å². The maximum atomic E-state index is 12.2. The Balaban J connectivity index is 2.13. The number of carbonyl (C=O) groups excluding carboxylic acids is 2. The fourth-order valence-electron chi connectivity index (χ4n) is 2.49. The molecule has 0 saturated heterocycles. The summed E-state index contributed by atoms with van der Waals surface area (Å²) in [4.78, 5) is 28.1. The van der Waals surface area contributed by atoms with Gasteiger partial charge in [0.05, 0.1) is 19.3 Å². The second-order valence-electron chi connectivity index (χ2n) is 7.35. The molecule has 7 nitrogen and oxygen atoms in total. The van der Waals surface area contributed by atoms with Gasteiger partial charge in [0.2, 0.25) is 0 Å².